The molecule has 2 saturated heterocycles. The number of H-pyrrole nitrogens is 1. The summed E-state index contributed by atoms with van der Waals surface area (Å²) in [7, 11) is 0. The number of nitrogens with one attached hydrogen (secondary N) is 2. The summed E-state index contributed by atoms with van der Waals surface area (Å²) in [6.45, 7) is 6.33. The van der Waals surface area contributed by atoms with Crippen molar-refractivity contribution in [3.63, 3.8) is 0 Å². The second-order valence-electron chi connectivity index (χ2n) is 7.75. The molecule has 3 heterocycles. The number of rotatable bonds is 7. The zero-order chi connectivity index (χ0) is 19.1. The van der Waals surface area contributed by atoms with Crippen LogP contribution in [0.25, 0.3) is 0 Å². The number of carbonyl (C=O) groups is 2. The Bertz CT molecular complexity index is 638. The SMILES string of the molecule is Cc1nc(C2CCCN(CC(=O)NCCCN3CCCCCC3=O)C2)n[nH]1.Cl. The van der Waals surface area contributed by atoms with Crippen molar-refractivity contribution in [2.45, 2.75) is 57.8 Å². The van der Waals surface area contributed by atoms with Crippen molar-refractivity contribution in [2.75, 3.05) is 39.3 Å². The van der Waals surface area contributed by atoms with Crippen molar-refractivity contribution in [1.82, 2.24) is 30.3 Å². The predicted octanol–water partition coefficient (Wildman–Crippen LogP) is 1.62. The van der Waals surface area contributed by atoms with E-state index in [0.29, 0.717) is 25.4 Å². The van der Waals surface area contributed by atoms with Crippen LogP contribution in [0.15, 0.2) is 0 Å². The van der Waals surface area contributed by atoms with Crippen LogP contribution in [0, 0.1) is 6.92 Å². The number of aromatic amines is 1. The quantitative estimate of drug-likeness (QED) is 0.663. The normalized spacial score (nSPS) is 21.1. The number of piperidine rings is 1. The molecular weight excluding hydrogens is 380 g/mol. The van der Waals surface area contributed by atoms with Gasteiger partial charge in [-0.05, 0) is 45.6 Å². The molecule has 158 valence electrons. The third-order valence-corrected chi connectivity index (χ3v) is 5.45. The van der Waals surface area contributed by atoms with E-state index in [1.165, 1.54) is 0 Å². The lowest BCUT2D eigenvalue weighted by Gasteiger charge is -2.30. The predicted molar refractivity (Wildman–Crippen MR) is 109 cm³/mol. The molecule has 2 fully saturated rings. The molecule has 8 nitrogen and oxygen atoms in total. The monoisotopic (exact) mass is 412 g/mol. The summed E-state index contributed by atoms with van der Waals surface area (Å²) < 4.78 is 0. The Labute approximate surface area is 173 Å². The van der Waals surface area contributed by atoms with Crippen molar-refractivity contribution in [1.29, 1.82) is 0 Å². The molecule has 2 N–H and O–H groups in total. The molecule has 0 aliphatic carbocycles. The Morgan fingerprint density at radius 1 is 1.25 bits per heavy atom. The van der Waals surface area contributed by atoms with Crippen LogP contribution in [-0.4, -0.2) is 76.1 Å². The fraction of sp³-hybridized carbons (Fsp3) is 0.789. The fourth-order valence-corrected chi connectivity index (χ4v) is 3.98. The number of aryl methyl sites for hydroxylation is 1. The molecule has 2 aliphatic heterocycles. The van der Waals surface area contributed by atoms with Gasteiger partial charge in [0, 0.05) is 38.5 Å². The first-order valence-corrected chi connectivity index (χ1v) is 10.3. The van der Waals surface area contributed by atoms with Crippen LogP contribution in [0.3, 0.4) is 0 Å². The first-order valence-electron chi connectivity index (χ1n) is 10.3. The standard InChI is InChI=1S/C19H32N6O2.ClH/c1-15-21-19(23-22-15)16-7-5-10-24(13-16)14-17(26)20-9-6-12-25-11-4-2-3-8-18(25)27;/h16H,2-14H2,1H3,(H,20,26)(H,21,22,23);1H. The summed E-state index contributed by atoms with van der Waals surface area (Å²) in [6.07, 6.45) is 6.86. The molecule has 1 unspecified atom stereocenters. The number of amides is 2. The van der Waals surface area contributed by atoms with E-state index in [-0.39, 0.29) is 24.2 Å². The van der Waals surface area contributed by atoms with Gasteiger partial charge in [0.15, 0.2) is 5.82 Å². The minimum absolute atomic E-state index is 0. The second-order valence-corrected chi connectivity index (χ2v) is 7.75. The maximum atomic E-state index is 12.3. The van der Waals surface area contributed by atoms with Gasteiger partial charge in [-0.1, -0.05) is 6.42 Å². The Morgan fingerprint density at radius 2 is 2.11 bits per heavy atom. The number of nitrogens with zero attached hydrogens (tertiary/aromatic N) is 4. The summed E-state index contributed by atoms with van der Waals surface area (Å²) in [5.41, 5.74) is 0. The molecule has 2 aliphatic rings. The Balaban J connectivity index is 0.00000280. The topological polar surface area (TPSA) is 94.2 Å². The van der Waals surface area contributed by atoms with Gasteiger partial charge in [0.25, 0.3) is 0 Å². The van der Waals surface area contributed by atoms with Gasteiger partial charge in [0.05, 0.1) is 6.54 Å². The Hall–Kier alpha value is -1.67. The van der Waals surface area contributed by atoms with E-state index >= 15 is 0 Å². The van der Waals surface area contributed by atoms with Crippen molar-refractivity contribution in [2.24, 2.45) is 0 Å². The maximum Gasteiger partial charge on any atom is 0.234 e. The number of likely N-dealkylation sites (tertiary alicyclic amines) is 2. The van der Waals surface area contributed by atoms with Gasteiger partial charge in [0.2, 0.25) is 11.8 Å². The zero-order valence-electron chi connectivity index (χ0n) is 16.8. The highest BCUT2D eigenvalue weighted by atomic mass is 35.5. The molecule has 28 heavy (non-hydrogen) atoms. The number of aromatic nitrogens is 3. The van der Waals surface area contributed by atoms with E-state index in [0.717, 1.165) is 76.4 Å². The van der Waals surface area contributed by atoms with Gasteiger partial charge in [-0.15, -0.1) is 12.4 Å². The lowest BCUT2D eigenvalue weighted by molar-refractivity contribution is -0.130. The average Bonchev–Trinajstić information content (AvgIpc) is 2.99. The lowest BCUT2D eigenvalue weighted by atomic mass is 9.97. The first-order chi connectivity index (χ1) is 13.1. The molecule has 0 spiro atoms. The third kappa shape index (κ3) is 6.74. The fourth-order valence-electron chi connectivity index (χ4n) is 3.98. The highest BCUT2D eigenvalue weighted by molar-refractivity contribution is 5.85. The minimum atomic E-state index is 0. The number of carbonyl (C=O) groups excluding carboxylic acids is 2. The summed E-state index contributed by atoms with van der Waals surface area (Å²) in [5.74, 6) is 2.32. The third-order valence-electron chi connectivity index (χ3n) is 5.45. The van der Waals surface area contributed by atoms with E-state index in [4.69, 9.17) is 0 Å². The summed E-state index contributed by atoms with van der Waals surface area (Å²) in [6, 6.07) is 0. The second kappa shape index (κ2) is 11.4. The molecule has 0 saturated carbocycles. The molecular formula is C19H33ClN6O2. The van der Waals surface area contributed by atoms with Crippen LogP contribution in [0.4, 0.5) is 0 Å². The summed E-state index contributed by atoms with van der Waals surface area (Å²) in [4.78, 5) is 32.8. The minimum Gasteiger partial charge on any atom is -0.355 e. The highest BCUT2D eigenvalue weighted by Gasteiger charge is 2.25. The van der Waals surface area contributed by atoms with Crippen molar-refractivity contribution < 1.29 is 9.59 Å². The van der Waals surface area contributed by atoms with Gasteiger partial charge in [-0.2, -0.15) is 5.10 Å². The smallest absolute Gasteiger partial charge is 0.234 e. The van der Waals surface area contributed by atoms with Gasteiger partial charge >= 0.3 is 0 Å². The van der Waals surface area contributed by atoms with Crippen molar-refractivity contribution >= 4 is 24.2 Å². The average molecular weight is 413 g/mol. The summed E-state index contributed by atoms with van der Waals surface area (Å²) in [5, 5.41) is 10.2. The van der Waals surface area contributed by atoms with Crippen LogP contribution in [-0.2, 0) is 9.59 Å². The Kier molecular flexibility index (Phi) is 9.18. The van der Waals surface area contributed by atoms with E-state index < -0.39 is 0 Å². The van der Waals surface area contributed by atoms with Crippen LogP contribution >= 0.6 is 12.4 Å². The molecule has 1 aromatic rings. The number of hydrogen-bond donors (Lipinski definition) is 2. The molecule has 0 radical (unpaired) electrons. The van der Waals surface area contributed by atoms with Gasteiger partial charge < -0.3 is 10.2 Å². The van der Waals surface area contributed by atoms with E-state index in [1.54, 1.807) is 0 Å². The maximum absolute atomic E-state index is 12.3. The Morgan fingerprint density at radius 3 is 2.89 bits per heavy atom. The van der Waals surface area contributed by atoms with Crippen LogP contribution in [0.2, 0.25) is 0 Å². The molecule has 9 heteroatoms. The molecule has 0 aromatic carbocycles. The molecule has 1 aromatic heterocycles. The van der Waals surface area contributed by atoms with Gasteiger partial charge in [-0.25, -0.2) is 4.98 Å². The van der Waals surface area contributed by atoms with Gasteiger partial charge in [-0.3, -0.25) is 19.6 Å². The largest absolute Gasteiger partial charge is 0.355 e. The van der Waals surface area contributed by atoms with E-state index in [1.807, 2.05) is 11.8 Å². The molecule has 1 atom stereocenters. The van der Waals surface area contributed by atoms with Crippen molar-refractivity contribution in [3.05, 3.63) is 11.6 Å². The zero-order valence-corrected chi connectivity index (χ0v) is 17.6. The molecule has 0 bridgehead atoms. The van der Waals surface area contributed by atoms with Crippen molar-refractivity contribution in [3.8, 4) is 0 Å². The van der Waals surface area contributed by atoms with E-state index in [2.05, 4.69) is 25.4 Å². The molecule has 3 rings (SSSR count). The van der Waals surface area contributed by atoms with Crippen LogP contribution in [0.1, 0.15) is 62.5 Å². The number of hydrogen-bond acceptors (Lipinski definition) is 5. The van der Waals surface area contributed by atoms with Crippen LogP contribution < -0.4 is 5.32 Å². The first kappa shape index (κ1) is 22.6. The lowest BCUT2D eigenvalue weighted by Crippen LogP contribution is -2.42. The molecule has 2 amide bonds. The summed E-state index contributed by atoms with van der Waals surface area (Å²) >= 11 is 0. The van der Waals surface area contributed by atoms with E-state index in [9.17, 15) is 9.59 Å². The number of halogens is 1. The van der Waals surface area contributed by atoms with Crippen LogP contribution in [0.5, 0.6) is 0 Å². The van der Waals surface area contributed by atoms with Gasteiger partial charge in [0.1, 0.15) is 5.82 Å². The highest BCUT2D eigenvalue weighted by Crippen LogP contribution is 2.24.